The number of nitro groups is 1. The Morgan fingerprint density at radius 2 is 2.30 bits per heavy atom. The first-order chi connectivity index (χ1) is 9.60. The van der Waals surface area contributed by atoms with E-state index in [9.17, 15) is 14.9 Å². The first-order valence-corrected chi connectivity index (χ1v) is 6.52. The van der Waals surface area contributed by atoms with Crippen LogP contribution in [-0.4, -0.2) is 30.5 Å². The van der Waals surface area contributed by atoms with Crippen LogP contribution in [0, 0.1) is 16.0 Å². The van der Waals surface area contributed by atoms with Crippen LogP contribution < -0.4 is 15.4 Å². The number of nitrogens with one attached hydrogen (secondary N) is 2. The molecular formula is C13H17N3O4. The summed E-state index contributed by atoms with van der Waals surface area (Å²) in [6.45, 7) is 3.86. The molecule has 7 heteroatoms. The highest BCUT2D eigenvalue weighted by Gasteiger charge is 2.22. The number of hydrogen-bond acceptors (Lipinski definition) is 5. The fraction of sp³-hybridized carbons (Fsp3) is 0.462. The Morgan fingerprint density at radius 1 is 1.55 bits per heavy atom. The normalized spacial score (nSPS) is 14.4. The molecule has 2 rings (SSSR count). The highest BCUT2D eigenvalue weighted by molar-refractivity contribution is 5.93. The minimum Gasteiger partial charge on any atom is -0.494 e. The van der Waals surface area contributed by atoms with E-state index in [1.54, 1.807) is 13.0 Å². The lowest BCUT2D eigenvalue weighted by Crippen LogP contribution is -2.43. The summed E-state index contributed by atoms with van der Waals surface area (Å²) < 4.78 is 5.22. The summed E-state index contributed by atoms with van der Waals surface area (Å²) in [5.41, 5.74) is 0.0479. The highest BCUT2D eigenvalue weighted by Crippen LogP contribution is 2.29. The van der Waals surface area contributed by atoms with Gasteiger partial charge in [-0.1, -0.05) is 0 Å². The van der Waals surface area contributed by atoms with Gasteiger partial charge in [0.2, 0.25) is 5.91 Å². The number of anilines is 1. The molecule has 0 spiro atoms. The van der Waals surface area contributed by atoms with Crippen LogP contribution in [0.3, 0.4) is 0 Å². The number of hydrogen-bond donors (Lipinski definition) is 2. The van der Waals surface area contributed by atoms with Gasteiger partial charge in [-0.25, -0.2) is 0 Å². The number of rotatable bonds is 6. The van der Waals surface area contributed by atoms with Crippen molar-refractivity contribution >= 4 is 17.3 Å². The van der Waals surface area contributed by atoms with Crippen molar-refractivity contribution in [1.82, 2.24) is 5.32 Å². The molecule has 0 aliphatic carbocycles. The van der Waals surface area contributed by atoms with Crippen molar-refractivity contribution in [3.63, 3.8) is 0 Å². The van der Waals surface area contributed by atoms with E-state index in [-0.39, 0.29) is 17.3 Å². The molecule has 1 aromatic rings. The van der Waals surface area contributed by atoms with E-state index in [1.807, 2.05) is 0 Å². The Balaban J connectivity index is 2.08. The van der Waals surface area contributed by atoms with Gasteiger partial charge in [-0.15, -0.1) is 0 Å². The van der Waals surface area contributed by atoms with Crippen LogP contribution in [0.4, 0.5) is 11.4 Å². The molecule has 0 atom stereocenters. The van der Waals surface area contributed by atoms with Crippen LogP contribution in [0.1, 0.15) is 13.3 Å². The van der Waals surface area contributed by atoms with E-state index in [2.05, 4.69) is 10.6 Å². The average molecular weight is 279 g/mol. The molecule has 0 bridgehead atoms. The van der Waals surface area contributed by atoms with Gasteiger partial charge in [-0.3, -0.25) is 14.9 Å². The second-order valence-corrected chi connectivity index (χ2v) is 4.65. The molecule has 0 aromatic heterocycles. The maximum atomic E-state index is 11.8. The number of nitro benzene ring substituents is 1. The third-order valence-corrected chi connectivity index (χ3v) is 3.09. The lowest BCUT2D eigenvalue weighted by atomic mass is 9.99. The SMILES string of the molecule is CCOc1ccc(NC(=O)CC2CNC2)c([N+](=O)[O-])c1. The Kier molecular flexibility index (Phi) is 4.52. The fourth-order valence-electron chi connectivity index (χ4n) is 1.98. The predicted molar refractivity (Wildman–Crippen MR) is 73.9 cm³/mol. The molecule has 1 aliphatic rings. The van der Waals surface area contributed by atoms with Crippen molar-refractivity contribution in [3.8, 4) is 5.75 Å². The van der Waals surface area contributed by atoms with Crippen LogP contribution in [0.15, 0.2) is 18.2 Å². The van der Waals surface area contributed by atoms with Crippen molar-refractivity contribution < 1.29 is 14.5 Å². The minimum atomic E-state index is -0.525. The Hall–Kier alpha value is -2.15. The van der Waals surface area contributed by atoms with E-state index in [0.29, 0.717) is 24.7 Å². The number of carbonyl (C=O) groups excluding carboxylic acids is 1. The molecule has 108 valence electrons. The quantitative estimate of drug-likeness (QED) is 0.608. The van der Waals surface area contributed by atoms with Gasteiger partial charge in [0.1, 0.15) is 11.4 Å². The Labute approximate surface area is 116 Å². The van der Waals surface area contributed by atoms with Crippen molar-refractivity contribution in [2.45, 2.75) is 13.3 Å². The largest absolute Gasteiger partial charge is 0.494 e. The van der Waals surface area contributed by atoms with Gasteiger partial charge in [0.25, 0.3) is 5.69 Å². The van der Waals surface area contributed by atoms with Crippen molar-refractivity contribution in [1.29, 1.82) is 0 Å². The van der Waals surface area contributed by atoms with Gasteiger partial charge in [-0.2, -0.15) is 0 Å². The molecule has 20 heavy (non-hydrogen) atoms. The molecule has 1 aliphatic heterocycles. The van der Waals surface area contributed by atoms with Crippen molar-refractivity contribution in [3.05, 3.63) is 28.3 Å². The fourth-order valence-corrected chi connectivity index (χ4v) is 1.98. The third kappa shape index (κ3) is 3.45. The number of ether oxygens (including phenoxy) is 1. The summed E-state index contributed by atoms with van der Waals surface area (Å²) in [5, 5.41) is 16.7. The molecule has 1 aromatic carbocycles. The average Bonchev–Trinajstić information content (AvgIpc) is 2.36. The summed E-state index contributed by atoms with van der Waals surface area (Å²) in [6, 6.07) is 4.43. The lowest BCUT2D eigenvalue weighted by Gasteiger charge is -2.26. The smallest absolute Gasteiger partial charge is 0.296 e. The Morgan fingerprint density at radius 3 is 2.85 bits per heavy atom. The molecule has 1 saturated heterocycles. The summed E-state index contributed by atoms with van der Waals surface area (Å²) in [6.07, 6.45) is 0.372. The van der Waals surface area contributed by atoms with Crippen LogP contribution in [-0.2, 0) is 4.79 Å². The molecule has 0 unspecified atom stereocenters. The first-order valence-electron chi connectivity index (χ1n) is 6.52. The van der Waals surface area contributed by atoms with E-state index in [0.717, 1.165) is 13.1 Å². The van der Waals surface area contributed by atoms with E-state index >= 15 is 0 Å². The van der Waals surface area contributed by atoms with E-state index in [4.69, 9.17) is 4.74 Å². The van der Waals surface area contributed by atoms with E-state index in [1.165, 1.54) is 12.1 Å². The molecule has 1 amide bonds. The van der Waals surface area contributed by atoms with Gasteiger partial charge in [0.15, 0.2) is 0 Å². The van der Waals surface area contributed by atoms with Gasteiger partial charge in [0.05, 0.1) is 17.6 Å². The topological polar surface area (TPSA) is 93.5 Å². The van der Waals surface area contributed by atoms with Crippen LogP contribution in [0.2, 0.25) is 0 Å². The monoisotopic (exact) mass is 279 g/mol. The second kappa shape index (κ2) is 6.33. The zero-order chi connectivity index (χ0) is 14.5. The predicted octanol–water partition coefficient (Wildman–Crippen LogP) is 1.54. The molecule has 1 heterocycles. The molecular weight excluding hydrogens is 262 g/mol. The van der Waals surface area contributed by atoms with Gasteiger partial charge in [-0.05, 0) is 38.1 Å². The number of carbonyl (C=O) groups is 1. The maximum absolute atomic E-state index is 11.8. The second-order valence-electron chi connectivity index (χ2n) is 4.65. The molecule has 7 nitrogen and oxygen atoms in total. The van der Waals surface area contributed by atoms with Gasteiger partial charge >= 0.3 is 0 Å². The highest BCUT2D eigenvalue weighted by atomic mass is 16.6. The van der Waals surface area contributed by atoms with Crippen LogP contribution in [0.5, 0.6) is 5.75 Å². The summed E-state index contributed by atoms with van der Waals surface area (Å²) in [7, 11) is 0. The number of amides is 1. The van der Waals surface area contributed by atoms with Crippen LogP contribution >= 0.6 is 0 Å². The molecule has 2 N–H and O–H groups in total. The van der Waals surface area contributed by atoms with E-state index < -0.39 is 4.92 Å². The van der Waals surface area contributed by atoms with Crippen molar-refractivity contribution in [2.24, 2.45) is 5.92 Å². The molecule has 1 fully saturated rings. The summed E-state index contributed by atoms with van der Waals surface area (Å²) >= 11 is 0. The maximum Gasteiger partial charge on any atom is 0.296 e. The van der Waals surface area contributed by atoms with Gasteiger partial charge < -0.3 is 15.4 Å². The van der Waals surface area contributed by atoms with Gasteiger partial charge in [0, 0.05) is 6.42 Å². The lowest BCUT2D eigenvalue weighted by molar-refractivity contribution is -0.384. The Bertz CT molecular complexity index is 514. The first kappa shape index (κ1) is 14.3. The van der Waals surface area contributed by atoms with Crippen molar-refractivity contribution in [2.75, 3.05) is 25.0 Å². The number of nitrogens with zero attached hydrogens (tertiary/aromatic N) is 1. The molecule has 0 saturated carbocycles. The minimum absolute atomic E-state index is 0.156. The standard InChI is InChI=1S/C13H17N3O4/c1-2-20-10-3-4-11(12(6-10)16(18)19)15-13(17)5-9-7-14-8-9/h3-4,6,9,14H,2,5,7-8H2,1H3,(H,15,17). The third-order valence-electron chi connectivity index (χ3n) is 3.09. The number of benzene rings is 1. The zero-order valence-corrected chi connectivity index (χ0v) is 11.2. The van der Waals surface area contributed by atoms with Crippen LogP contribution in [0.25, 0.3) is 0 Å². The zero-order valence-electron chi connectivity index (χ0n) is 11.2. The molecule has 0 radical (unpaired) electrons. The summed E-state index contributed by atoms with van der Waals surface area (Å²) in [5.74, 6) is 0.529. The summed E-state index contributed by atoms with van der Waals surface area (Å²) in [4.78, 5) is 22.3.